The lowest BCUT2D eigenvalue weighted by molar-refractivity contribution is 0.198. The van der Waals surface area contributed by atoms with Crippen molar-refractivity contribution in [2.24, 2.45) is 11.7 Å². The first-order valence-electron chi connectivity index (χ1n) is 7.14. The van der Waals surface area contributed by atoms with Crippen molar-refractivity contribution in [1.82, 2.24) is 4.90 Å². The summed E-state index contributed by atoms with van der Waals surface area (Å²) < 4.78 is 0. The van der Waals surface area contributed by atoms with Gasteiger partial charge in [0.05, 0.1) is 0 Å². The van der Waals surface area contributed by atoms with Crippen LogP contribution in [0.15, 0.2) is 18.2 Å². The van der Waals surface area contributed by atoms with Gasteiger partial charge in [0.15, 0.2) is 0 Å². The van der Waals surface area contributed by atoms with E-state index in [0.717, 1.165) is 18.5 Å². The molecule has 1 aliphatic heterocycles. The molecule has 1 aromatic carbocycles. The van der Waals surface area contributed by atoms with Gasteiger partial charge in [-0.3, -0.25) is 4.90 Å². The van der Waals surface area contributed by atoms with Crippen molar-refractivity contribution in [3.8, 4) is 0 Å². The highest BCUT2D eigenvalue weighted by molar-refractivity contribution is 5.31. The van der Waals surface area contributed by atoms with Crippen molar-refractivity contribution in [3.63, 3.8) is 0 Å². The average Bonchev–Trinajstić information content (AvgIpc) is 2.80. The van der Waals surface area contributed by atoms with Gasteiger partial charge in [-0.25, -0.2) is 0 Å². The van der Waals surface area contributed by atoms with Crippen LogP contribution in [-0.2, 0) is 13.1 Å². The number of benzene rings is 1. The van der Waals surface area contributed by atoms with Crippen molar-refractivity contribution < 1.29 is 0 Å². The fourth-order valence-corrected chi connectivity index (χ4v) is 3.08. The molecule has 0 spiro atoms. The van der Waals surface area contributed by atoms with E-state index < -0.39 is 0 Å². The molecule has 18 heavy (non-hydrogen) atoms. The van der Waals surface area contributed by atoms with Gasteiger partial charge in [0.25, 0.3) is 0 Å². The Balaban J connectivity index is 2.09. The molecule has 0 saturated carbocycles. The number of hydrogen-bond donors (Lipinski definition) is 1. The third kappa shape index (κ3) is 2.93. The predicted molar refractivity (Wildman–Crippen MR) is 77.3 cm³/mol. The van der Waals surface area contributed by atoms with E-state index in [4.69, 9.17) is 5.73 Å². The molecule has 2 rings (SSSR count). The molecule has 2 heteroatoms. The Morgan fingerprint density at radius 1 is 1.39 bits per heavy atom. The van der Waals surface area contributed by atoms with E-state index in [-0.39, 0.29) is 0 Å². The highest BCUT2D eigenvalue weighted by atomic mass is 15.2. The Kier molecular flexibility index (Phi) is 4.41. The molecule has 1 fully saturated rings. The van der Waals surface area contributed by atoms with Gasteiger partial charge in [-0.1, -0.05) is 32.0 Å². The van der Waals surface area contributed by atoms with Crippen LogP contribution in [0.4, 0.5) is 0 Å². The summed E-state index contributed by atoms with van der Waals surface area (Å²) in [4.78, 5) is 2.65. The summed E-state index contributed by atoms with van der Waals surface area (Å²) >= 11 is 0. The van der Waals surface area contributed by atoms with Crippen molar-refractivity contribution >= 4 is 0 Å². The Hall–Kier alpha value is -0.860. The maximum Gasteiger partial charge on any atom is 0.0239 e. The van der Waals surface area contributed by atoms with Crippen LogP contribution in [0, 0.1) is 12.8 Å². The number of likely N-dealkylation sites (tertiary alicyclic amines) is 1. The minimum atomic E-state index is 0.638. The molecule has 1 saturated heterocycles. The monoisotopic (exact) mass is 246 g/mol. The second kappa shape index (κ2) is 5.85. The van der Waals surface area contributed by atoms with E-state index in [1.807, 2.05) is 0 Å². The summed E-state index contributed by atoms with van der Waals surface area (Å²) in [5.41, 5.74) is 9.76. The molecule has 2 N–H and O–H groups in total. The van der Waals surface area contributed by atoms with E-state index in [0.29, 0.717) is 6.54 Å². The van der Waals surface area contributed by atoms with Gasteiger partial charge < -0.3 is 5.73 Å². The summed E-state index contributed by atoms with van der Waals surface area (Å²) in [5, 5.41) is 0. The molecule has 1 heterocycles. The Morgan fingerprint density at radius 3 is 2.78 bits per heavy atom. The number of nitrogens with two attached hydrogens (primary N) is 1. The molecule has 0 amide bonds. The minimum Gasteiger partial charge on any atom is -0.326 e. The summed E-state index contributed by atoms with van der Waals surface area (Å²) in [6.45, 7) is 9.87. The minimum absolute atomic E-state index is 0.638. The number of rotatable bonds is 4. The summed E-state index contributed by atoms with van der Waals surface area (Å²) in [5.74, 6) is 0.760. The van der Waals surface area contributed by atoms with Crippen LogP contribution in [0.3, 0.4) is 0 Å². The highest BCUT2D eigenvalue weighted by Crippen LogP contribution is 2.26. The molecule has 0 radical (unpaired) electrons. The smallest absolute Gasteiger partial charge is 0.0239 e. The van der Waals surface area contributed by atoms with Crippen molar-refractivity contribution in [2.45, 2.75) is 52.7 Å². The lowest BCUT2D eigenvalue weighted by atomic mass is 10.0. The number of aryl methyl sites for hydroxylation is 1. The van der Waals surface area contributed by atoms with Gasteiger partial charge in [0, 0.05) is 19.1 Å². The van der Waals surface area contributed by atoms with Crippen LogP contribution in [-0.4, -0.2) is 17.5 Å². The normalized spacial score (nSPS) is 20.8. The van der Waals surface area contributed by atoms with Crippen LogP contribution < -0.4 is 5.73 Å². The highest BCUT2D eigenvalue weighted by Gasteiger charge is 2.26. The first-order valence-corrected chi connectivity index (χ1v) is 7.14. The van der Waals surface area contributed by atoms with Crippen LogP contribution in [0.2, 0.25) is 0 Å². The SMILES string of the molecule is Cc1cc(CN)ccc1CN1CCCC1C(C)C. The third-order valence-corrected chi connectivity index (χ3v) is 4.20. The molecule has 1 atom stereocenters. The third-order valence-electron chi connectivity index (χ3n) is 4.20. The van der Waals surface area contributed by atoms with Gasteiger partial charge in [0.1, 0.15) is 0 Å². The van der Waals surface area contributed by atoms with Crippen LogP contribution in [0.5, 0.6) is 0 Å². The van der Waals surface area contributed by atoms with E-state index in [1.165, 1.54) is 36.1 Å². The molecular formula is C16H26N2. The zero-order chi connectivity index (χ0) is 13.1. The second-order valence-electron chi connectivity index (χ2n) is 5.89. The van der Waals surface area contributed by atoms with Gasteiger partial charge >= 0.3 is 0 Å². The van der Waals surface area contributed by atoms with Gasteiger partial charge in [-0.2, -0.15) is 0 Å². The first-order chi connectivity index (χ1) is 8.61. The molecule has 2 nitrogen and oxygen atoms in total. The van der Waals surface area contributed by atoms with Crippen LogP contribution in [0.1, 0.15) is 43.4 Å². The maximum atomic E-state index is 5.68. The van der Waals surface area contributed by atoms with Crippen molar-refractivity contribution in [2.75, 3.05) is 6.54 Å². The first kappa shape index (κ1) is 13.6. The summed E-state index contributed by atoms with van der Waals surface area (Å²) in [6.07, 6.45) is 2.71. The standard InChI is InChI=1S/C16H26N2/c1-12(2)16-5-4-8-18(16)11-15-7-6-14(10-17)9-13(15)3/h6-7,9,12,16H,4-5,8,10-11,17H2,1-3H3. The number of hydrogen-bond acceptors (Lipinski definition) is 2. The van der Waals surface area contributed by atoms with Gasteiger partial charge in [-0.05, 0) is 48.9 Å². The zero-order valence-corrected chi connectivity index (χ0v) is 11.9. The molecule has 0 aromatic heterocycles. The molecule has 0 bridgehead atoms. The van der Waals surface area contributed by atoms with Crippen molar-refractivity contribution in [1.29, 1.82) is 0 Å². The molecule has 100 valence electrons. The number of nitrogens with zero attached hydrogens (tertiary/aromatic N) is 1. The Labute approximate surface area is 111 Å². The average molecular weight is 246 g/mol. The molecule has 1 aromatic rings. The van der Waals surface area contributed by atoms with E-state index in [9.17, 15) is 0 Å². The molecule has 1 unspecified atom stereocenters. The van der Waals surface area contributed by atoms with Gasteiger partial charge in [0.2, 0.25) is 0 Å². The quantitative estimate of drug-likeness (QED) is 0.884. The topological polar surface area (TPSA) is 29.3 Å². The second-order valence-corrected chi connectivity index (χ2v) is 5.89. The van der Waals surface area contributed by atoms with Crippen LogP contribution in [0.25, 0.3) is 0 Å². The lowest BCUT2D eigenvalue weighted by Gasteiger charge is -2.28. The Morgan fingerprint density at radius 2 is 2.17 bits per heavy atom. The van der Waals surface area contributed by atoms with Crippen LogP contribution >= 0.6 is 0 Å². The Bertz CT molecular complexity index is 398. The van der Waals surface area contributed by atoms with E-state index in [1.54, 1.807) is 0 Å². The van der Waals surface area contributed by atoms with E-state index in [2.05, 4.69) is 43.9 Å². The predicted octanol–water partition coefficient (Wildman–Crippen LogP) is 3.07. The fraction of sp³-hybridized carbons (Fsp3) is 0.625. The van der Waals surface area contributed by atoms with E-state index >= 15 is 0 Å². The molecular weight excluding hydrogens is 220 g/mol. The van der Waals surface area contributed by atoms with Gasteiger partial charge in [-0.15, -0.1) is 0 Å². The lowest BCUT2D eigenvalue weighted by Crippen LogP contribution is -2.33. The maximum absolute atomic E-state index is 5.68. The largest absolute Gasteiger partial charge is 0.326 e. The molecule has 0 aliphatic carbocycles. The van der Waals surface area contributed by atoms with Crippen molar-refractivity contribution in [3.05, 3.63) is 34.9 Å². The zero-order valence-electron chi connectivity index (χ0n) is 11.9. The summed E-state index contributed by atoms with van der Waals surface area (Å²) in [7, 11) is 0. The fourth-order valence-electron chi connectivity index (χ4n) is 3.08. The summed E-state index contributed by atoms with van der Waals surface area (Å²) in [6, 6.07) is 7.42. The molecule has 1 aliphatic rings.